The largest absolute Gasteiger partial charge is 0.403 e. The molecule has 27 heavy (non-hydrogen) atoms. The average Bonchev–Trinajstić information content (AvgIpc) is 3.30. The minimum absolute atomic E-state index is 0.0203. The third kappa shape index (κ3) is 3.74. The lowest BCUT2D eigenvalue weighted by Crippen LogP contribution is -2.42. The molecule has 1 saturated heterocycles. The Balaban J connectivity index is 1.49. The molecule has 2 aromatic rings. The Hall–Kier alpha value is -2.26. The number of carbonyl (C=O) groups is 1. The van der Waals surface area contributed by atoms with E-state index in [1.807, 2.05) is 6.07 Å². The van der Waals surface area contributed by atoms with Crippen molar-refractivity contribution in [1.82, 2.24) is 14.5 Å². The molecule has 1 aromatic carbocycles. The van der Waals surface area contributed by atoms with Gasteiger partial charge >= 0.3 is 6.01 Å². The van der Waals surface area contributed by atoms with Gasteiger partial charge < -0.3 is 4.42 Å². The van der Waals surface area contributed by atoms with E-state index in [0.717, 1.165) is 24.7 Å². The Labute approximate surface area is 158 Å². The Morgan fingerprint density at radius 1 is 1.19 bits per heavy atom. The molecule has 1 aromatic heterocycles. The van der Waals surface area contributed by atoms with Crippen molar-refractivity contribution in [2.24, 2.45) is 0 Å². The molecule has 4 rings (SSSR count). The van der Waals surface area contributed by atoms with E-state index in [2.05, 4.69) is 27.6 Å². The molecule has 1 amide bonds. The Morgan fingerprint density at radius 2 is 1.96 bits per heavy atom. The number of fused-ring (bicyclic) bond motifs is 1. The van der Waals surface area contributed by atoms with Crippen molar-refractivity contribution < 1.29 is 17.6 Å². The number of carbonyl (C=O) groups excluding carboxylic acids is 1. The summed E-state index contributed by atoms with van der Waals surface area (Å²) in [7, 11) is -3.43. The maximum Gasteiger partial charge on any atom is 0.322 e. The number of amides is 1. The fourth-order valence-electron chi connectivity index (χ4n) is 3.84. The normalized spacial score (nSPS) is 20.4. The highest BCUT2D eigenvalue weighted by Crippen LogP contribution is 2.28. The molecular weight excluding hydrogens is 368 g/mol. The molecule has 1 unspecified atom stereocenters. The minimum Gasteiger partial charge on any atom is -0.403 e. The third-order valence-corrected chi connectivity index (χ3v) is 6.47. The van der Waals surface area contributed by atoms with E-state index in [4.69, 9.17) is 4.42 Å². The van der Waals surface area contributed by atoms with Crippen LogP contribution in [0.25, 0.3) is 11.5 Å². The number of nitrogens with one attached hydrogen (secondary N) is 1. The summed E-state index contributed by atoms with van der Waals surface area (Å²) >= 11 is 0. The van der Waals surface area contributed by atoms with Gasteiger partial charge in [-0.3, -0.25) is 10.1 Å². The highest BCUT2D eigenvalue weighted by atomic mass is 32.2. The molecule has 0 radical (unpaired) electrons. The molecule has 0 bridgehead atoms. The number of nitrogens with zero attached hydrogens (tertiary/aromatic N) is 3. The smallest absolute Gasteiger partial charge is 0.322 e. The molecule has 144 valence electrons. The van der Waals surface area contributed by atoms with E-state index in [1.165, 1.54) is 28.3 Å². The summed E-state index contributed by atoms with van der Waals surface area (Å²) in [5.41, 5.74) is 3.49. The number of anilines is 1. The second-order valence-corrected chi connectivity index (χ2v) is 9.06. The van der Waals surface area contributed by atoms with Crippen LogP contribution >= 0.6 is 0 Å². The Kier molecular flexibility index (Phi) is 4.73. The van der Waals surface area contributed by atoms with Crippen LogP contribution in [0.2, 0.25) is 0 Å². The molecule has 1 aliphatic heterocycles. The van der Waals surface area contributed by atoms with Gasteiger partial charge in [0.2, 0.25) is 21.8 Å². The monoisotopic (exact) mass is 390 g/mol. The number of aryl methyl sites for hydroxylation is 2. The van der Waals surface area contributed by atoms with Crippen LogP contribution in [0.4, 0.5) is 6.01 Å². The maximum atomic E-state index is 12.5. The van der Waals surface area contributed by atoms with E-state index in [1.54, 1.807) is 0 Å². The van der Waals surface area contributed by atoms with E-state index in [9.17, 15) is 13.2 Å². The molecule has 1 N–H and O–H groups in total. The van der Waals surface area contributed by atoms with Gasteiger partial charge in [0.05, 0.1) is 6.26 Å². The summed E-state index contributed by atoms with van der Waals surface area (Å²) < 4.78 is 30.4. The Bertz CT molecular complexity index is 969. The highest BCUT2D eigenvalue weighted by Gasteiger charge is 2.37. The summed E-state index contributed by atoms with van der Waals surface area (Å²) in [6.45, 7) is 0.348. The van der Waals surface area contributed by atoms with Crippen molar-refractivity contribution in [1.29, 1.82) is 0 Å². The highest BCUT2D eigenvalue weighted by molar-refractivity contribution is 7.88. The second-order valence-electron chi connectivity index (χ2n) is 7.12. The topological polar surface area (TPSA) is 105 Å². The predicted octanol–water partition coefficient (Wildman–Crippen LogP) is 1.98. The van der Waals surface area contributed by atoms with Crippen LogP contribution in [-0.2, 0) is 27.7 Å². The van der Waals surface area contributed by atoms with Gasteiger partial charge in [-0.1, -0.05) is 11.2 Å². The first-order valence-corrected chi connectivity index (χ1v) is 11.0. The molecule has 0 saturated carbocycles. The summed E-state index contributed by atoms with van der Waals surface area (Å²) in [5, 5.41) is 10.5. The van der Waals surface area contributed by atoms with Crippen LogP contribution in [0.5, 0.6) is 0 Å². The number of hydrogen-bond acceptors (Lipinski definition) is 6. The molecule has 0 spiro atoms. The van der Waals surface area contributed by atoms with Crippen LogP contribution in [0.15, 0.2) is 22.6 Å². The van der Waals surface area contributed by atoms with E-state index in [0.29, 0.717) is 25.3 Å². The van der Waals surface area contributed by atoms with Crippen LogP contribution in [0.1, 0.15) is 36.8 Å². The fraction of sp³-hybridized carbons (Fsp3) is 0.500. The zero-order valence-corrected chi connectivity index (χ0v) is 16.0. The van der Waals surface area contributed by atoms with Crippen molar-refractivity contribution in [2.45, 2.75) is 44.6 Å². The third-order valence-electron chi connectivity index (χ3n) is 5.18. The molecule has 2 aliphatic rings. The van der Waals surface area contributed by atoms with Crippen molar-refractivity contribution in [2.75, 3.05) is 18.1 Å². The summed E-state index contributed by atoms with van der Waals surface area (Å²) in [6.07, 6.45) is 6.77. The zero-order chi connectivity index (χ0) is 19.0. The van der Waals surface area contributed by atoms with Crippen molar-refractivity contribution >= 4 is 21.9 Å². The lowest BCUT2D eigenvalue weighted by molar-refractivity contribution is -0.119. The first kappa shape index (κ1) is 18.1. The zero-order valence-electron chi connectivity index (χ0n) is 15.1. The number of hydrogen-bond donors (Lipinski definition) is 1. The minimum atomic E-state index is -3.43. The summed E-state index contributed by atoms with van der Waals surface area (Å²) in [4.78, 5) is 12.5. The van der Waals surface area contributed by atoms with Gasteiger partial charge in [0.1, 0.15) is 6.04 Å². The van der Waals surface area contributed by atoms with Crippen molar-refractivity contribution in [3.05, 3.63) is 29.3 Å². The lowest BCUT2D eigenvalue weighted by Gasteiger charge is -2.20. The van der Waals surface area contributed by atoms with Gasteiger partial charge in [0, 0.05) is 12.1 Å². The first-order chi connectivity index (χ1) is 12.9. The second kappa shape index (κ2) is 7.05. The van der Waals surface area contributed by atoms with E-state index in [-0.39, 0.29) is 6.01 Å². The standard InChI is InChI=1S/C18H22N4O4S/c1-27(24,25)22-10-4-7-15(22)16(23)19-18-21-20-17(26-18)14-9-8-12-5-2-3-6-13(12)11-14/h8-9,11,15H,2-7,10H2,1H3,(H,19,21,23). The van der Waals surface area contributed by atoms with Gasteiger partial charge in [-0.05, 0) is 61.8 Å². The average molecular weight is 390 g/mol. The lowest BCUT2D eigenvalue weighted by atomic mass is 9.90. The van der Waals surface area contributed by atoms with Crippen molar-refractivity contribution in [3.8, 4) is 11.5 Å². The van der Waals surface area contributed by atoms with Gasteiger partial charge in [-0.15, -0.1) is 5.10 Å². The maximum absolute atomic E-state index is 12.5. The summed E-state index contributed by atoms with van der Waals surface area (Å²) in [6, 6.07) is 5.35. The number of benzene rings is 1. The predicted molar refractivity (Wildman–Crippen MR) is 99.6 cm³/mol. The molecule has 1 aliphatic carbocycles. The molecule has 2 heterocycles. The van der Waals surface area contributed by atoms with E-state index < -0.39 is 22.0 Å². The summed E-state index contributed by atoms with van der Waals surface area (Å²) in [5.74, 6) is -0.108. The molecule has 1 atom stereocenters. The molecular formula is C18H22N4O4S. The quantitative estimate of drug-likeness (QED) is 0.856. The van der Waals surface area contributed by atoms with Crippen LogP contribution in [-0.4, -0.2) is 47.7 Å². The van der Waals surface area contributed by atoms with Gasteiger partial charge in [0.15, 0.2) is 0 Å². The van der Waals surface area contributed by atoms with Crippen LogP contribution in [0.3, 0.4) is 0 Å². The fourth-order valence-corrected chi connectivity index (χ4v) is 4.97. The van der Waals surface area contributed by atoms with Crippen LogP contribution in [0, 0.1) is 0 Å². The number of sulfonamides is 1. The van der Waals surface area contributed by atoms with Gasteiger partial charge in [-0.2, -0.15) is 4.31 Å². The number of rotatable bonds is 4. The van der Waals surface area contributed by atoms with E-state index >= 15 is 0 Å². The molecule has 9 heteroatoms. The SMILES string of the molecule is CS(=O)(=O)N1CCCC1C(=O)Nc1nnc(-c2ccc3c(c2)CCCC3)o1. The Morgan fingerprint density at radius 3 is 2.74 bits per heavy atom. The molecule has 8 nitrogen and oxygen atoms in total. The van der Waals surface area contributed by atoms with Gasteiger partial charge in [0.25, 0.3) is 0 Å². The van der Waals surface area contributed by atoms with Crippen LogP contribution < -0.4 is 5.32 Å². The van der Waals surface area contributed by atoms with Crippen molar-refractivity contribution in [3.63, 3.8) is 0 Å². The van der Waals surface area contributed by atoms with Gasteiger partial charge in [-0.25, -0.2) is 8.42 Å². The number of aromatic nitrogens is 2. The first-order valence-electron chi connectivity index (χ1n) is 9.15. The molecule has 1 fully saturated rings.